The molecule has 0 aromatic heterocycles. The Morgan fingerprint density at radius 2 is 1.87 bits per heavy atom. The number of aliphatic carboxylic acids is 1. The van der Waals surface area contributed by atoms with E-state index in [1.807, 2.05) is 0 Å². The zero-order chi connectivity index (χ0) is 17.2. The molecule has 1 heterocycles. The van der Waals surface area contributed by atoms with Crippen LogP contribution in [0.25, 0.3) is 0 Å². The largest absolute Gasteiger partial charge is 0.481 e. The van der Waals surface area contributed by atoms with Gasteiger partial charge in [-0.3, -0.25) is 9.59 Å². The Bertz CT molecular complexity index is 699. The van der Waals surface area contributed by atoms with Gasteiger partial charge in [0.15, 0.2) is 0 Å². The first-order valence-electron chi connectivity index (χ1n) is 7.36. The van der Waals surface area contributed by atoms with Gasteiger partial charge in [0.05, 0.1) is 10.8 Å². The summed E-state index contributed by atoms with van der Waals surface area (Å²) in [6.45, 7) is 1.92. The number of hydrogen-bond acceptors (Lipinski definition) is 4. The van der Waals surface area contributed by atoms with Crippen molar-refractivity contribution >= 4 is 21.9 Å². The summed E-state index contributed by atoms with van der Waals surface area (Å²) in [4.78, 5) is 22.8. The summed E-state index contributed by atoms with van der Waals surface area (Å²) in [5.74, 6) is -1.98. The van der Waals surface area contributed by atoms with Gasteiger partial charge in [-0.25, -0.2) is 8.42 Å². The fraction of sp³-hybridized carbons (Fsp3) is 0.467. The van der Waals surface area contributed by atoms with Gasteiger partial charge in [-0.2, -0.15) is 4.31 Å². The molecule has 7 nitrogen and oxygen atoms in total. The van der Waals surface area contributed by atoms with E-state index < -0.39 is 28.0 Å². The minimum absolute atomic E-state index is 0.0584. The van der Waals surface area contributed by atoms with Crippen molar-refractivity contribution in [3.05, 3.63) is 29.8 Å². The van der Waals surface area contributed by atoms with E-state index in [1.54, 1.807) is 6.92 Å². The second-order valence-electron chi connectivity index (χ2n) is 5.55. The van der Waals surface area contributed by atoms with Crippen LogP contribution in [0.1, 0.15) is 30.1 Å². The number of piperidine rings is 1. The van der Waals surface area contributed by atoms with E-state index in [-0.39, 0.29) is 10.8 Å². The van der Waals surface area contributed by atoms with E-state index in [0.29, 0.717) is 24.9 Å². The maximum Gasteiger partial charge on any atom is 0.308 e. The third-order valence-electron chi connectivity index (χ3n) is 4.20. The molecule has 1 fully saturated rings. The molecule has 1 aliphatic heterocycles. The predicted molar refractivity (Wildman–Crippen MR) is 83.5 cm³/mol. The molecule has 0 spiro atoms. The maximum atomic E-state index is 12.7. The molecule has 126 valence electrons. The SMILES string of the molecule is CNC(=O)c1ccc(S(=O)(=O)N2CCC[C@H](C(=O)O)[C@@H]2C)cc1. The number of carbonyl (C=O) groups is 2. The van der Waals surface area contributed by atoms with Gasteiger partial charge in [-0.1, -0.05) is 0 Å². The molecule has 2 rings (SSSR count). The summed E-state index contributed by atoms with van der Waals surface area (Å²) >= 11 is 0. The third-order valence-corrected chi connectivity index (χ3v) is 6.20. The first-order chi connectivity index (χ1) is 10.8. The standard InChI is InChI=1S/C15H20N2O5S/c1-10-13(15(19)20)4-3-9-17(10)23(21,22)12-7-5-11(6-8-12)14(18)16-2/h5-8,10,13H,3-4,9H2,1-2H3,(H,16,18)(H,19,20)/t10-,13-/m0/s1. The van der Waals surface area contributed by atoms with Crippen LogP contribution in [0.4, 0.5) is 0 Å². The number of carboxylic acid groups (broad SMARTS) is 1. The zero-order valence-electron chi connectivity index (χ0n) is 13.0. The summed E-state index contributed by atoms with van der Waals surface area (Å²) in [7, 11) is -2.29. The van der Waals surface area contributed by atoms with Crippen molar-refractivity contribution in [3.63, 3.8) is 0 Å². The first-order valence-corrected chi connectivity index (χ1v) is 8.80. The molecule has 2 N–H and O–H groups in total. The van der Waals surface area contributed by atoms with Crippen LogP contribution < -0.4 is 5.32 Å². The van der Waals surface area contributed by atoms with Crippen LogP contribution in [0.3, 0.4) is 0 Å². The molecular weight excluding hydrogens is 320 g/mol. The number of benzene rings is 1. The van der Waals surface area contributed by atoms with E-state index >= 15 is 0 Å². The summed E-state index contributed by atoms with van der Waals surface area (Å²) in [6, 6.07) is 5.02. The second kappa shape index (κ2) is 6.67. The van der Waals surface area contributed by atoms with Crippen molar-refractivity contribution in [3.8, 4) is 0 Å². The summed E-state index contributed by atoms with van der Waals surface area (Å²) < 4.78 is 26.7. The van der Waals surface area contributed by atoms with E-state index in [2.05, 4.69) is 5.32 Å². The lowest BCUT2D eigenvalue weighted by atomic mass is 9.92. The van der Waals surface area contributed by atoms with Gasteiger partial charge in [0.2, 0.25) is 10.0 Å². The van der Waals surface area contributed by atoms with Crippen LogP contribution in [0.5, 0.6) is 0 Å². The zero-order valence-corrected chi connectivity index (χ0v) is 13.8. The molecule has 8 heteroatoms. The molecule has 0 radical (unpaired) electrons. The lowest BCUT2D eigenvalue weighted by Gasteiger charge is -2.36. The number of carbonyl (C=O) groups excluding carboxylic acids is 1. The van der Waals surface area contributed by atoms with Crippen LogP contribution in [0.2, 0.25) is 0 Å². The van der Waals surface area contributed by atoms with Gasteiger partial charge >= 0.3 is 5.97 Å². The fourth-order valence-electron chi connectivity index (χ4n) is 2.84. The Balaban J connectivity index is 2.30. The number of nitrogens with zero attached hydrogens (tertiary/aromatic N) is 1. The number of hydrogen-bond donors (Lipinski definition) is 2. The molecular formula is C15H20N2O5S. The quantitative estimate of drug-likeness (QED) is 0.848. The molecule has 23 heavy (non-hydrogen) atoms. The van der Waals surface area contributed by atoms with Crippen molar-refractivity contribution in [2.75, 3.05) is 13.6 Å². The van der Waals surface area contributed by atoms with Crippen molar-refractivity contribution in [1.82, 2.24) is 9.62 Å². The number of sulfonamides is 1. The minimum Gasteiger partial charge on any atom is -0.481 e. The first kappa shape index (κ1) is 17.4. The van der Waals surface area contributed by atoms with Crippen LogP contribution in [0.15, 0.2) is 29.2 Å². The van der Waals surface area contributed by atoms with E-state index in [0.717, 1.165) is 0 Å². The van der Waals surface area contributed by atoms with Crippen LogP contribution in [-0.2, 0) is 14.8 Å². The highest BCUT2D eigenvalue weighted by molar-refractivity contribution is 7.89. The molecule has 1 aromatic rings. The Labute approximate surface area is 135 Å². The van der Waals surface area contributed by atoms with Crippen LogP contribution >= 0.6 is 0 Å². The third kappa shape index (κ3) is 3.37. The number of nitrogens with one attached hydrogen (secondary N) is 1. The molecule has 1 aliphatic rings. The lowest BCUT2D eigenvalue weighted by Crippen LogP contribution is -2.48. The number of carboxylic acids is 1. The predicted octanol–water partition coefficient (Wildman–Crippen LogP) is 0.920. The van der Waals surface area contributed by atoms with E-state index in [1.165, 1.54) is 35.6 Å². The lowest BCUT2D eigenvalue weighted by molar-refractivity contribution is -0.144. The van der Waals surface area contributed by atoms with Gasteiger partial charge in [0, 0.05) is 25.2 Å². The molecule has 0 unspecified atom stereocenters. The minimum atomic E-state index is -3.79. The molecule has 0 aliphatic carbocycles. The Hall–Kier alpha value is -1.93. The normalized spacial score (nSPS) is 22.5. The summed E-state index contributed by atoms with van der Waals surface area (Å²) in [5.41, 5.74) is 0.363. The van der Waals surface area contributed by atoms with Gasteiger partial charge in [-0.15, -0.1) is 0 Å². The summed E-state index contributed by atoms with van der Waals surface area (Å²) in [5, 5.41) is 11.7. The van der Waals surface area contributed by atoms with Gasteiger partial charge in [-0.05, 0) is 44.0 Å². The second-order valence-corrected chi connectivity index (χ2v) is 7.44. The highest BCUT2D eigenvalue weighted by atomic mass is 32.2. The number of amides is 1. The van der Waals surface area contributed by atoms with Crippen molar-refractivity contribution < 1.29 is 23.1 Å². The fourth-order valence-corrected chi connectivity index (χ4v) is 4.54. The van der Waals surface area contributed by atoms with Crippen molar-refractivity contribution in [2.24, 2.45) is 5.92 Å². The van der Waals surface area contributed by atoms with Crippen molar-refractivity contribution in [1.29, 1.82) is 0 Å². The Kier molecular flexibility index (Phi) is 5.06. The molecule has 0 saturated carbocycles. The highest BCUT2D eigenvalue weighted by Crippen LogP contribution is 2.29. The number of rotatable bonds is 4. The average Bonchev–Trinajstić information content (AvgIpc) is 2.54. The van der Waals surface area contributed by atoms with Crippen molar-refractivity contribution in [2.45, 2.75) is 30.7 Å². The van der Waals surface area contributed by atoms with Crippen LogP contribution in [-0.4, -0.2) is 49.3 Å². The van der Waals surface area contributed by atoms with E-state index in [9.17, 15) is 23.1 Å². The maximum absolute atomic E-state index is 12.7. The Morgan fingerprint density at radius 1 is 1.26 bits per heavy atom. The molecule has 1 saturated heterocycles. The molecule has 1 amide bonds. The molecule has 0 bridgehead atoms. The van der Waals surface area contributed by atoms with Crippen LogP contribution in [0, 0.1) is 5.92 Å². The van der Waals surface area contributed by atoms with Gasteiger partial charge < -0.3 is 10.4 Å². The monoisotopic (exact) mass is 340 g/mol. The van der Waals surface area contributed by atoms with Gasteiger partial charge in [0.1, 0.15) is 0 Å². The van der Waals surface area contributed by atoms with E-state index in [4.69, 9.17) is 0 Å². The smallest absolute Gasteiger partial charge is 0.308 e. The Morgan fingerprint density at radius 3 is 2.39 bits per heavy atom. The average molecular weight is 340 g/mol. The van der Waals surface area contributed by atoms with Gasteiger partial charge in [0.25, 0.3) is 5.91 Å². The molecule has 1 aromatic carbocycles. The topological polar surface area (TPSA) is 104 Å². The summed E-state index contributed by atoms with van der Waals surface area (Å²) in [6.07, 6.45) is 0.981. The molecule has 2 atom stereocenters. The highest BCUT2D eigenvalue weighted by Gasteiger charge is 2.39.